The highest BCUT2D eigenvalue weighted by molar-refractivity contribution is 6.03. The number of anilines is 2. The first-order valence-corrected chi connectivity index (χ1v) is 9.25. The molecule has 142 valence electrons. The van der Waals surface area contributed by atoms with Gasteiger partial charge in [-0.15, -0.1) is 0 Å². The summed E-state index contributed by atoms with van der Waals surface area (Å²) in [7, 11) is 1.74. The number of hydrogen-bond donors (Lipinski definition) is 0. The largest absolute Gasteiger partial charge is 0.329 e. The number of benzene rings is 1. The molecule has 5 nitrogen and oxygen atoms in total. The zero-order valence-electron chi connectivity index (χ0n) is 15.9. The normalized spacial score (nSPS) is 13.2. The number of halogens is 1. The summed E-state index contributed by atoms with van der Waals surface area (Å²) in [5.41, 5.74) is 4.09. The van der Waals surface area contributed by atoms with Gasteiger partial charge in [0.05, 0.1) is 17.6 Å². The number of fused-ring (bicyclic) bond motifs is 1. The first kappa shape index (κ1) is 18.1. The van der Waals surface area contributed by atoms with Crippen molar-refractivity contribution in [3.8, 4) is 11.3 Å². The number of hydrogen-bond acceptors (Lipinski definition) is 3. The van der Waals surface area contributed by atoms with Crippen molar-refractivity contribution in [3.63, 3.8) is 0 Å². The summed E-state index contributed by atoms with van der Waals surface area (Å²) in [5, 5.41) is 0. The molecule has 0 unspecified atom stereocenters. The maximum Gasteiger partial charge on any atom is 0.329 e. The van der Waals surface area contributed by atoms with Gasteiger partial charge in [-0.2, -0.15) is 0 Å². The second-order valence-corrected chi connectivity index (χ2v) is 7.01. The number of aryl methyl sites for hydroxylation is 2. The third-order valence-electron chi connectivity index (χ3n) is 4.93. The molecule has 4 rings (SSSR count). The summed E-state index contributed by atoms with van der Waals surface area (Å²) >= 11 is 0. The van der Waals surface area contributed by atoms with Crippen molar-refractivity contribution in [2.75, 3.05) is 23.4 Å². The minimum atomic E-state index is -0.309. The number of nitrogens with zero attached hydrogens (tertiary/aromatic N) is 4. The Morgan fingerprint density at radius 2 is 2.04 bits per heavy atom. The Labute approximate surface area is 163 Å². The smallest absolute Gasteiger partial charge is 0.296 e. The molecule has 0 aliphatic carbocycles. The molecule has 2 aromatic heterocycles. The van der Waals surface area contributed by atoms with E-state index in [1.165, 1.54) is 12.1 Å². The first-order valence-electron chi connectivity index (χ1n) is 9.25. The molecule has 28 heavy (non-hydrogen) atoms. The average Bonchev–Trinajstić information content (AvgIpc) is 2.72. The van der Waals surface area contributed by atoms with E-state index in [-0.39, 0.29) is 11.8 Å². The third-order valence-corrected chi connectivity index (χ3v) is 4.93. The van der Waals surface area contributed by atoms with Crippen molar-refractivity contribution >= 4 is 17.5 Å². The first-order chi connectivity index (χ1) is 13.5. The molecule has 3 aromatic rings. The lowest BCUT2D eigenvalue weighted by molar-refractivity contribution is 0.252. The number of amides is 2. The lowest BCUT2D eigenvalue weighted by Crippen LogP contribution is -2.44. The van der Waals surface area contributed by atoms with E-state index in [4.69, 9.17) is 4.98 Å². The van der Waals surface area contributed by atoms with Crippen LogP contribution < -0.4 is 9.80 Å². The van der Waals surface area contributed by atoms with Crippen molar-refractivity contribution < 1.29 is 9.18 Å². The number of aromatic nitrogens is 2. The van der Waals surface area contributed by atoms with E-state index in [0.717, 1.165) is 29.7 Å². The Balaban J connectivity index is 1.69. The number of carbonyl (C=O) groups excluding carboxylic acids is 1. The molecule has 1 aliphatic rings. The van der Waals surface area contributed by atoms with Gasteiger partial charge in [0.1, 0.15) is 11.6 Å². The molecule has 1 aromatic carbocycles. The van der Waals surface area contributed by atoms with Crippen LogP contribution >= 0.6 is 0 Å². The van der Waals surface area contributed by atoms with Crippen LogP contribution in [0.5, 0.6) is 0 Å². The van der Waals surface area contributed by atoms with Gasteiger partial charge in [-0.05, 0) is 55.2 Å². The van der Waals surface area contributed by atoms with E-state index >= 15 is 0 Å². The van der Waals surface area contributed by atoms with Gasteiger partial charge >= 0.3 is 6.03 Å². The van der Waals surface area contributed by atoms with Gasteiger partial charge in [0.25, 0.3) is 0 Å². The lowest BCUT2D eigenvalue weighted by Gasteiger charge is -2.32. The molecule has 0 saturated heterocycles. The van der Waals surface area contributed by atoms with Gasteiger partial charge in [-0.1, -0.05) is 18.2 Å². The van der Waals surface area contributed by atoms with E-state index in [9.17, 15) is 9.18 Å². The zero-order chi connectivity index (χ0) is 19.7. The van der Waals surface area contributed by atoms with Crippen LogP contribution in [-0.2, 0) is 6.42 Å². The van der Waals surface area contributed by atoms with Crippen molar-refractivity contribution in [2.45, 2.75) is 19.8 Å². The Bertz CT molecular complexity index is 1040. The summed E-state index contributed by atoms with van der Waals surface area (Å²) in [6.45, 7) is 2.53. The lowest BCUT2D eigenvalue weighted by atomic mass is 10.0. The molecule has 0 fully saturated rings. The van der Waals surface area contributed by atoms with Gasteiger partial charge in [0, 0.05) is 25.4 Å². The fourth-order valence-electron chi connectivity index (χ4n) is 3.45. The molecule has 0 bridgehead atoms. The minimum Gasteiger partial charge on any atom is -0.296 e. The predicted octanol–water partition coefficient (Wildman–Crippen LogP) is 4.60. The van der Waals surface area contributed by atoms with Crippen molar-refractivity contribution in [3.05, 3.63) is 71.8 Å². The van der Waals surface area contributed by atoms with Crippen LogP contribution in [-0.4, -0.2) is 29.6 Å². The molecule has 1 aliphatic heterocycles. The molecule has 0 N–H and O–H groups in total. The monoisotopic (exact) mass is 376 g/mol. The van der Waals surface area contributed by atoms with Gasteiger partial charge in [-0.25, -0.2) is 14.2 Å². The molecule has 3 heterocycles. The molecule has 0 saturated carbocycles. The summed E-state index contributed by atoms with van der Waals surface area (Å²) in [5.74, 6) is 0.335. The number of rotatable bonds is 2. The summed E-state index contributed by atoms with van der Waals surface area (Å²) in [6.07, 6.45) is 5.17. The van der Waals surface area contributed by atoms with Gasteiger partial charge in [0.2, 0.25) is 0 Å². The van der Waals surface area contributed by atoms with Gasteiger partial charge < -0.3 is 0 Å². The Morgan fingerprint density at radius 1 is 1.18 bits per heavy atom. The number of pyridine rings is 2. The SMILES string of the molecule is Cc1cncc(N(C)C(=O)N2CCCc3ccc(-c4cccc(F)c4)nc32)c1. The summed E-state index contributed by atoms with van der Waals surface area (Å²) in [4.78, 5) is 25.4. The van der Waals surface area contributed by atoms with Crippen LogP contribution in [0, 0.1) is 12.7 Å². The van der Waals surface area contributed by atoms with Crippen LogP contribution in [0.2, 0.25) is 0 Å². The summed E-state index contributed by atoms with van der Waals surface area (Å²) < 4.78 is 13.6. The van der Waals surface area contributed by atoms with E-state index in [1.54, 1.807) is 35.3 Å². The van der Waals surface area contributed by atoms with Crippen LogP contribution in [0.1, 0.15) is 17.5 Å². The molecule has 0 atom stereocenters. The fourth-order valence-corrected chi connectivity index (χ4v) is 3.45. The Kier molecular flexibility index (Phi) is 4.77. The highest BCUT2D eigenvalue weighted by Gasteiger charge is 2.27. The minimum absolute atomic E-state index is 0.155. The second-order valence-electron chi connectivity index (χ2n) is 7.01. The van der Waals surface area contributed by atoms with Crippen molar-refractivity contribution in [1.29, 1.82) is 0 Å². The molecule has 0 radical (unpaired) electrons. The average molecular weight is 376 g/mol. The summed E-state index contributed by atoms with van der Waals surface area (Å²) in [6, 6.07) is 12.0. The van der Waals surface area contributed by atoms with Crippen molar-refractivity contribution in [2.24, 2.45) is 0 Å². The fraction of sp³-hybridized carbons (Fsp3) is 0.227. The predicted molar refractivity (Wildman–Crippen MR) is 108 cm³/mol. The third kappa shape index (κ3) is 3.45. The van der Waals surface area contributed by atoms with E-state index in [2.05, 4.69) is 4.98 Å². The molecule has 0 spiro atoms. The Morgan fingerprint density at radius 3 is 2.82 bits per heavy atom. The molecular formula is C22H21FN4O. The van der Waals surface area contributed by atoms with Crippen LogP contribution in [0.15, 0.2) is 54.9 Å². The van der Waals surface area contributed by atoms with E-state index in [1.807, 2.05) is 31.2 Å². The highest BCUT2D eigenvalue weighted by Crippen LogP contribution is 2.30. The molecule has 6 heteroatoms. The van der Waals surface area contributed by atoms with Crippen LogP contribution in [0.3, 0.4) is 0 Å². The van der Waals surface area contributed by atoms with Crippen molar-refractivity contribution in [1.82, 2.24) is 9.97 Å². The number of urea groups is 1. The number of carbonyl (C=O) groups is 1. The zero-order valence-corrected chi connectivity index (χ0v) is 15.9. The highest BCUT2D eigenvalue weighted by atomic mass is 19.1. The van der Waals surface area contributed by atoms with Gasteiger partial charge in [0.15, 0.2) is 0 Å². The van der Waals surface area contributed by atoms with E-state index in [0.29, 0.717) is 23.6 Å². The second kappa shape index (κ2) is 7.38. The topological polar surface area (TPSA) is 49.3 Å². The van der Waals surface area contributed by atoms with E-state index < -0.39 is 0 Å². The Hall–Kier alpha value is -3.28. The van der Waals surface area contributed by atoms with Crippen LogP contribution in [0.4, 0.5) is 20.7 Å². The molecule has 2 amide bonds. The molecular weight excluding hydrogens is 355 g/mol. The standard InChI is InChI=1S/C22H21FN4O/c1-15-11-19(14-24-13-15)26(2)22(28)27-10-4-6-16-8-9-20(25-21(16)27)17-5-3-7-18(23)12-17/h3,5,7-9,11-14H,4,6,10H2,1-2H3. The maximum atomic E-state index is 13.6. The van der Waals surface area contributed by atoms with Crippen LogP contribution in [0.25, 0.3) is 11.3 Å². The maximum absolute atomic E-state index is 13.6. The van der Waals surface area contributed by atoms with Gasteiger partial charge in [-0.3, -0.25) is 14.8 Å². The quantitative estimate of drug-likeness (QED) is 0.657.